The van der Waals surface area contributed by atoms with Crippen LogP contribution in [-0.4, -0.2) is 45.1 Å². The van der Waals surface area contributed by atoms with Crippen molar-refractivity contribution >= 4 is 16.1 Å². The second-order valence-corrected chi connectivity index (χ2v) is 7.38. The Labute approximate surface area is 114 Å². The van der Waals surface area contributed by atoms with Crippen LogP contribution in [0.3, 0.4) is 0 Å². The van der Waals surface area contributed by atoms with Crippen molar-refractivity contribution in [3.63, 3.8) is 0 Å². The molecular formula is C12H22O6S. The van der Waals surface area contributed by atoms with E-state index < -0.39 is 15.7 Å². The van der Waals surface area contributed by atoms with Gasteiger partial charge in [-0.2, -0.15) is 8.42 Å². The van der Waals surface area contributed by atoms with Gasteiger partial charge in [-0.3, -0.25) is 8.98 Å². The fraction of sp³-hybridized carbons (Fsp3) is 0.917. The molecule has 1 saturated heterocycles. The zero-order valence-corrected chi connectivity index (χ0v) is 12.7. The van der Waals surface area contributed by atoms with Crippen LogP contribution >= 0.6 is 0 Å². The van der Waals surface area contributed by atoms with Crippen LogP contribution in [0.4, 0.5) is 0 Å². The van der Waals surface area contributed by atoms with E-state index in [-0.39, 0.29) is 31.2 Å². The van der Waals surface area contributed by atoms with Crippen LogP contribution in [0.5, 0.6) is 0 Å². The summed E-state index contributed by atoms with van der Waals surface area (Å²) < 4.78 is 37.1. The largest absolute Gasteiger partial charge is 0.460 e. The first-order valence-electron chi connectivity index (χ1n) is 6.27. The predicted octanol–water partition coefficient (Wildman–Crippen LogP) is 1.24. The van der Waals surface area contributed by atoms with E-state index in [2.05, 4.69) is 4.18 Å². The quantitative estimate of drug-likeness (QED) is 0.561. The van der Waals surface area contributed by atoms with Gasteiger partial charge in [-0.1, -0.05) is 0 Å². The van der Waals surface area contributed by atoms with E-state index in [9.17, 15) is 13.2 Å². The lowest BCUT2D eigenvalue weighted by molar-refractivity contribution is -0.157. The van der Waals surface area contributed by atoms with Crippen molar-refractivity contribution < 1.29 is 26.9 Å². The van der Waals surface area contributed by atoms with Crippen molar-refractivity contribution in [3.8, 4) is 0 Å². The van der Waals surface area contributed by atoms with Gasteiger partial charge < -0.3 is 9.47 Å². The Bertz CT molecular complexity index is 408. The number of carbonyl (C=O) groups excluding carboxylic acids is 1. The second-order valence-electron chi connectivity index (χ2n) is 5.74. The first kappa shape index (κ1) is 16.4. The molecule has 112 valence electrons. The van der Waals surface area contributed by atoms with Crippen molar-refractivity contribution in [2.75, 3.05) is 12.9 Å². The predicted molar refractivity (Wildman–Crippen MR) is 69.2 cm³/mol. The Kier molecular flexibility index (Phi) is 5.34. The SMILES string of the molecule is CC(C)(C)OC(=O)C[C@H]1CC[C@@H](COS(C)(=O)=O)O1. The zero-order valence-electron chi connectivity index (χ0n) is 11.8. The lowest BCUT2D eigenvalue weighted by atomic mass is 10.1. The molecule has 1 aliphatic heterocycles. The number of rotatable bonds is 5. The molecule has 1 aliphatic rings. The molecule has 7 heteroatoms. The molecule has 0 aromatic rings. The molecule has 1 rings (SSSR count). The highest BCUT2D eigenvalue weighted by Gasteiger charge is 2.29. The molecule has 0 spiro atoms. The van der Waals surface area contributed by atoms with E-state index >= 15 is 0 Å². The summed E-state index contributed by atoms with van der Waals surface area (Å²) in [5.41, 5.74) is -0.505. The summed E-state index contributed by atoms with van der Waals surface area (Å²) in [6.45, 7) is 5.43. The molecule has 0 bridgehead atoms. The average Bonchev–Trinajstić information content (AvgIpc) is 2.58. The minimum Gasteiger partial charge on any atom is -0.460 e. The van der Waals surface area contributed by atoms with Crippen LogP contribution in [0.15, 0.2) is 0 Å². The monoisotopic (exact) mass is 294 g/mol. The number of hydrogen-bond acceptors (Lipinski definition) is 6. The van der Waals surface area contributed by atoms with Crippen LogP contribution in [0, 0.1) is 0 Å². The highest BCUT2D eigenvalue weighted by Crippen LogP contribution is 2.23. The standard InChI is InChI=1S/C12H22O6S/c1-12(2,3)18-11(13)7-9-5-6-10(17-9)8-16-19(4,14)15/h9-10H,5-8H2,1-4H3/t9-,10+/m1/s1. The third-order valence-corrected chi connectivity index (χ3v) is 3.04. The van der Waals surface area contributed by atoms with E-state index in [0.717, 1.165) is 6.26 Å². The first-order chi connectivity index (χ1) is 8.55. The Hall–Kier alpha value is -0.660. The van der Waals surface area contributed by atoms with Crippen molar-refractivity contribution in [3.05, 3.63) is 0 Å². The van der Waals surface area contributed by atoms with Gasteiger partial charge in [-0.25, -0.2) is 0 Å². The Balaban J connectivity index is 2.30. The summed E-state index contributed by atoms with van der Waals surface area (Å²) in [6, 6.07) is 0. The molecule has 0 saturated carbocycles. The van der Waals surface area contributed by atoms with Gasteiger partial charge in [0.2, 0.25) is 0 Å². The molecule has 0 N–H and O–H groups in total. The number of ether oxygens (including phenoxy) is 2. The lowest BCUT2D eigenvalue weighted by Gasteiger charge is -2.21. The molecule has 0 radical (unpaired) electrons. The van der Waals surface area contributed by atoms with Gasteiger partial charge in [0.15, 0.2) is 0 Å². The van der Waals surface area contributed by atoms with Gasteiger partial charge in [0.25, 0.3) is 10.1 Å². The molecule has 0 aromatic heterocycles. The highest BCUT2D eigenvalue weighted by atomic mass is 32.2. The minimum atomic E-state index is -3.45. The summed E-state index contributed by atoms with van der Waals surface area (Å²) >= 11 is 0. The summed E-state index contributed by atoms with van der Waals surface area (Å²) in [7, 11) is -3.45. The van der Waals surface area contributed by atoms with E-state index in [1.165, 1.54) is 0 Å². The minimum absolute atomic E-state index is 0.00362. The smallest absolute Gasteiger partial charge is 0.308 e. The normalized spacial score (nSPS) is 24.4. The van der Waals surface area contributed by atoms with Crippen molar-refractivity contribution in [1.82, 2.24) is 0 Å². The maximum absolute atomic E-state index is 11.6. The fourth-order valence-corrected chi connectivity index (χ4v) is 2.22. The van der Waals surface area contributed by atoms with Crippen LogP contribution in [0.2, 0.25) is 0 Å². The summed E-state index contributed by atoms with van der Waals surface area (Å²) in [5.74, 6) is -0.304. The van der Waals surface area contributed by atoms with Gasteiger partial charge in [-0.05, 0) is 33.6 Å². The highest BCUT2D eigenvalue weighted by molar-refractivity contribution is 7.85. The number of carbonyl (C=O) groups is 1. The maximum Gasteiger partial charge on any atom is 0.308 e. The fourth-order valence-electron chi connectivity index (χ4n) is 1.82. The molecule has 19 heavy (non-hydrogen) atoms. The van der Waals surface area contributed by atoms with Gasteiger partial charge >= 0.3 is 5.97 Å². The molecule has 0 aliphatic carbocycles. The molecular weight excluding hydrogens is 272 g/mol. The van der Waals surface area contributed by atoms with Crippen LogP contribution in [0.1, 0.15) is 40.0 Å². The number of hydrogen-bond donors (Lipinski definition) is 0. The van der Waals surface area contributed by atoms with E-state index in [1.807, 2.05) is 20.8 Å². The van der Waals surface area contributed by atoms with E-state index in [4.69, 9.17) is 9.47 Å². The van der Waals surface area contributed by atoms with E-state index in [0.29, 0.717) is 12.8 Å². The van der Waals surface area contributed by atoms with E-state index in [1.54, 1.807) is 0 Å². The molecule has 1 heterocycles. The maximum atomic E-state index is 11.6. The zero-order chi connectivity index (χ0) is 14.7. The van der Waals surface area contributed by atoms with Crippen LogP contribution in [0.25, 0.3) is 0 Å². The molecule has 0 amide bonds. The Morgan fingerprint density at radius 2 is 1.84 bits per heavy atom. The third kappa shape index (κ3) is 7.49. The molecule has 6 nitrogen and oxygen atoms in total. The van der Waals surface area contributed by atoms with Crippen LogP contribution in [-0.2, 0) is 28.6 Å². The summed E-state index contributed by atoms with van der Waals surface area (Å²) in [4.78, 5) is 11.6. The van der Waals surface area contributed by atoms with Gasteiger partial charge in [0.1, 0.15) is 5.60 Å². The van der Waals surface area contributed by atoms with Gasteiger partial charge in [-0.15, -0.1) is 0 Å². The van der Waals surface area contributed by atoms with Gasteiger partial charge in [0.05, 0.1) is 31.5 Å². The molecule has 0 aromatic carbocycles. The van der Waals surface area contributed by atoms with Crippen LogP contribution < -0.4 is 0 Å². The van der Waals surface area contributed by atoms with Crippen molar-refractivity contribution in [1.29, 1.82) is 0 Å². The molecule has 2 atom stereocenters. The third-order valence-electron chi connectivity index (χ3n) is 2.48. The Morgan fingerprint density at radius 3 is 2.37 bits per heavy atom. The average molecular weight is 294 g/mol. The Morgan fingerprint density at radius 1 is 1.26 bits per heavy atom. The van der Waals surface area contributed by atoms with Gasteiger partial charge in [0, 0.05) is 0 Å². The first-order valence-corrected chi connectivity index (χ1v) is 8.08. The number of esters is 1. The summed E-state index contributed by atoms with van der Waals surface area (Å²) in [5, 5.41) is 0. The second kappa shape index (κ2) is 6.19. The van der Waals surface area contributed by atoms with Crippen molar-refractivity contribution in [2.45, 2.75) is 57.8 Å². The molecule has 0 unspecified atom stereocenters. The summed E-state index contributed by atoms with van der Waals surface area (Å²) in [6.07, 6.45) is 2.08. The molecule has 1 fully saturated rings. The van der Waals surface area contributed by atoms with Crippen molar-refractivity contribution in [2.24, 2.45) is 0 Å². The lowest BCUT2D eigenvalue weighted by Crippen LogP contribution is -2.27. The topological polar surface area (TPSA) is 78.9 Å².